The third-order valence-electron chi connectivity index (χ3n) is 1.37. The average Bonchev–Trinajstić information content (AvgIpc) is 2.04. The molecule has 2 N–H and O–H groups in total. The lowest BCUT2D eigenvalue weighted by Gasteiger charge is -2.03. The van der Waals surface area contributed by atoms with E-state index in [1.54, 1.807) is 18.2 Å². The summed E-state index contributed by atoms with van der Waals surface area (Å²) < 4.78 is 0.558. The molecule has 0 atom stereocenters. The maximum atomic E-state index is 11.0. The summed E-state index contributed by atoms with van der Waals surface area (Å²) in [6.07, 6.45) is -1.94. The van der Waals surface area contributed by atoms with Gasteiger partial charge in [-0.05, 0) is 6.07 Å². The van der Waals surface area contributed by atoms with Crippen LogP contribution in [0.2, 0.25) is 0 Å². The molecule has 0 fully saturated rings. The summed E-state index contributed by atoms with van der Waals surface area (Å²) in [6.45, 7) is 0. The summed E-state index contributed by atoms with van der Waals surface area (Å²) in [7, 11) is 0. The van der Waals surface area contributed by atoms with E-state index in [0.29, 0.717) is 4.47 Å². The standard InChI is InChI=1S/C8H7BrO3/c9-6-4-2-1-3-5(6)7(10)8(11)12/h1-4,8,11-12H. The number of ketones is 1. The number of hydrogen-bond acceptors (Lipinski definition) is 3. The van der Waals surface area contributed by atoms with Gasteiger partial charge < -0.3 is 10.2 Å². The monoisotopic (exact) mass is 230 g/mol. The number of carbonyl (C=O) groups excluding carboxylic acids is 1. The second-order valence-electron chi connectivity index (χ2n) is 2.22. The van der Waals surface area contributed by atoms with Crippen LogP contribution in [0.15, 0.2) is 28.7 Å². The smallest absolute Gasteiger partial charge is 0.219 e. The zero-order valence-electron chi connectivity index (χ0n) is 6.07. The SMILES string of the molecule is O=C(c1ccccc1Br)C(O)O. The van der Waals surface area contributed by atoms with Crippen molar-refractivity contribution in [1.29, 1.82) is 0 Å². The van der Waals surface area contributed by atoms with Gasteiger partial charge in [-0.25, -0.2) is 0 Å². The number of aliphatic hydroxyl groups excluding tert-OH is 1. The van der Waals surface area contributed by atoms with Crippen molar-refractivity contribution in [3.8, 4) is 0 Å². The van der Waals surface area contributed by atoms with Gasteiger partial charge in [0.25, 0.3) is 0 Å². The Morgan fingerprint density at radius 2 is 1.92 bits per heavy atom. The topological polar surface area (TPSA) is 57.5 Å². The van der Waals surface area contributed by atoms with Crippen molar-refractivity contribution < 1.29 is 15.0 Å². The molecule has 0 aliphatic heterocycles. The van der Waals surface area contributed by atoms with Crippen molar-refractivity contribution in [1.82, 2.24) is 0 Å². The molecule has 1 aromatic carbocycles. The summed E-state index contributed by atoms with van der Waals surface area (Å²) in [6, 6.07) is 6.58. The molecule has 1 rings (SSSR count). The van der Waals surface area contributed by atoms with Crippen LogP contribution in [0.3, 0.4) is 0 Å². The van der Waals surface area contributed by atoms with Crippen molar-refractivity contribution in [2.24, 2.45) is 0 Å². The van der Waals surface area contributed by atoms with Crippen molar-refractivity contribution in [2.45, 2.75) is 6.29 Å². The van der Waals surface area contributed by atoms with Gasteiger partial charge in [-0.1, -0.05) is 34.1 Å². The van der Waals surface area contributed by atoms with Crippen molar-refractivity contribution in [3.63, 3.8) is 0 Å². The van der Waals surface area contributed by atoms with E-state index in [2.05, 4.69) is 15.9 Å². The molecule has 0 spiro atoms. The first-order valence-corrected chi connectivity index (χ1v) is 4.07. The van der Waals surface area contributed by atoms with Crippen LogP contribution in [0.1, 0.15) is 10.4 Å². The highest BCUT2D eigenvalue weighted by Crippen LogP contribution is 2.16. The average molecular weight is 231 g/mol. The molecule has 0 saturated carbocycles. The summed E-state index contributed by atoms with van der Waals surface area (Å²) in [5, 5.41) is 17.2. The first-order valence-electron chi connectivity index (χ1n) is 3.28. The fourth-order valence-electron chi connectivity index (χ4n) is 0.800. The molecule has 0 bridgehead atoms. The number of aliphatic hydroxyl groups is 2. The fourth-order valence-corrected chi connectivity index (χ4v) is 1.28. The largest absolute Gasteiger partial charge is 0.362 e. The number of hydrogen-bond donors (Lipinski definition) is 2. The van der Waals surface area contributed by atoms with Crippen LogP contribution >= 0.6 is 15.9 Å². The van der Waals surface area contributed by atoms with Crippen molar-refractivity contribution >= 4 is 21.7 Å². The zero-order chi connectivity index (χ0) is 9.14. The Kier molecular flexibility index (Phi) is 2.97. The molecule has 0 radical (unpaired) electrons. The second kappa shape index (κ2) is 3.80. The van der Waals surface area contributed by atoms with E-state index in [-0.39, 0.29) is 5.56 Å². The van der Waals surface area contributed by atoms with Crippen LogP contribution in [0.25, 0.3) is 0 Å². The molecule has 0 heterocycles. The van der Waals surface area contributed by atoms with Gasteiger partial charge in [-0.3, -0.25) is 4.79 Å². The van der Waals surface area contributed by atoms with E-state index in [1.165, 1.54) is 6.07 Å². The summed E-state index contributed by atoms with van der Waals surface area (Å²) >= 11 is 3.12. The van der Waals surface area contributed by atoms with Gasteiger partial charge >= 0.3 is 0 Å². The lowest BCUT2D eigenvalue weighted by molar-refractivity contribution is -0.0195. The van der Waals surface area contributed by atoms with Gasteiger partial charge in [-0.15, -0.1) is 0 Å². The predicted molar refractivity (Wildman–Crippen MR) is 46.7 cm³/mol. The Labute approximate surface area is 77.8 Å². The molecule has 12 heavy (non-hydrogen) atoms. The van der Waals surface area contributed by atoms with Gasteiger partial charge in [0.05, 0.1) is 0 Å². The maximum Gasteiger partial charge on any atom is 0.219 e. The summed E-state index contributed by atoms with van der Waals surface area (Å²) in [5.41, 5.74) is 0.271. The maximum absolute atomic E-state index is 11.0. The van der Waals surface area contributed by atoms with E-state index in [9.17, 15) is 4.79 Å². The van der Waals surface area contributed by atoms with E-state index in [1.807, 2.05) is 0 Å². The highest BCUT2D eigenvalue weighted by Gasteiger charge is 2.15. The highest BCUT2D eigenvalue weighted by atomic mass is 79.9. The summed E-state index contributed by atoms with van der Waals surface area (Å²) in [4.78, 5) is 11.0. The molecule has 64 valence electrons. The van der Waals surface area contributed by atoms with Gasteiger partial charge in [0.1, 0.15) is 0 Å². The number of carbonyl (C=O) groups is 1. The molecule has 0 aromatic heterocycles. The molecule has 0 amide bonds. The molecule has 0 unspecified atom stereocenters. The lowest BCUT2D eigenvalue weighted by atomic mass is 10.1. The number of Topliss-reactive ketones (excluding diaryl/α,β-unsaturated/α-hetero) is 1. The van der Waals surface area contributed by atoms with Crippen LogP contribution in [-0.2, 0) is 0 Å². The van der Waals surface area contributed by atoms with Gasteiger partial charge in [0.2, 0.25) is 12.1 Å². The van der Waals surface area contributed by atoms with Gasteiger partial charge in [-0.2, -0.15) is 0 Å². The minimum Gasteiger partial charge on any atom is -0.362 e. The Balaban J connectivity index is 3.03. The second-order valence-corrected chi connectivity index (χ2v) is 3.07. The minimum absolute atomic E-state index is 0.271. The van der Waals surface area contributed by atoms with E-state index in [4.69, 9.17) is 10.2 Å². The Bertz CT molecular complexity index is 296. The lowest BCUT2D eigenvalue weighted by Crippen LogP contribution is -2.19. The zero-order valence-corrected chi connectivity index (χ0v) is 7.65. The third-order valence-corrected chi connectivity index (χ3v) is 2.07. The quantitative estimate of drug-likeness (QED) is 0.588. The van der Waals surface area contributed by atoms with Crippen LogP contribution in [0.5, 0.6) is 0 Å². The Morgan fingerprint density at radius 1 is 1.33 bits per heavy atom. The fraction of sp³-hybridized carbons (Fsp3) is 0.125. The molecule has 4 heteroatoms. The number of benzene rings is 1. The molecule has 0 aliphatic rings. The first kappa shape index (κ1) is 9.38. The Hall–Kier alpha value is -0.710. The van der Waals surface area contributed by atoms with E-state index < -0.39 is 12.1 Å². The highest BCUT2D eigenvalue weighted by molar-refractivity contribution is 9.10. The van der Waals surface area contributed by atoms with Crippen LogP contribution in [0, 0.1) is 0 Å². The minimum atomic E-state index is -1.94. The van der Waals surface area contributed by atoms with Crippen LogP contribution in [-0.4, -0.2) is 22.3 Å². The molecule has 0 saturated heterocycles. The normalized spacial score (nSPS) is 10.3. The third kappa shape index (κ3) is 1.91. The molecule has 0 aliphatic carbocycles. The number of halogens is 1. The molecule has 1 aromatic rings. The molecular formula is C8H7BrO3. The van der Waals surface area contributed by atoms with E-state index in [0.717, 1.165) is 0 Å². The predicted octanol–water partition coefficient (Wildman–Crippen LogP) is 0.942. The van der Waals surface area contributed by atoms with Crippen molar-refractivity contribution in [2.75, 3.05) is 0 Å². The Morgan fingerprint density at radius 3 is 2.42 bits per heavy atom. The number of rotatable bonds is 2. The molecular weight excluding hydrogens is 224 g/mol. The van der Waals surface area contributed by atoms with Crippen LogP contribution < -0.4 is 0 Å². The van der Waals surface area contributed by atoms with Crippen LogP contribution in [0.4, 0.5) is 0 Å². The summed E-state index contributed by atoms with van der Waals surface area (Å²) in [5.74, 6) is -0.706. The first-order chi connectivity index (χ1) is 5.63. The van der Waals surface area contributed by atoms with Crippen molar-refractivity contribution in [3.05, 3.63) is 34.3 Å². The van der Waals surface area contributed by atoms with Gasteiger partial charge in [0.15, 0.2) is 0 Å². The van der Waals surface area contributed by atoms with E-state index >= 15 is 0 Å². The van der Waals surface area contributed by atoms with Gasteiger partial charge in [0, 0.05) is 10.0 Å². The molecule has 3 nitrogen and oxygen atoms in total.